The molecule has 0 fully saturated rings. The molecule has 0 spiro atoms. The van der Waals surface area contributed by atoms with Crippen molar-refractivity contribution in [2.24, 2.45) is 0 Å². The number of hydrogen-bond acceptors (Lipinski definition) is 4. The third-order valence-corrected chi connectivity index (χ3v) is 7.57. The standard InChI is InChI=1S/C31H26Br2N4O2/c32-25-15-22(16-26(33)29(25)35)19-36-30(38)27(17-20-8-7-9-21(14-20)18-34)37-31(39)28(23-10-3-1-4-11-23)24-12-5-2-6-13-24/h1-16,27-28H,17,19,35H2,(H,36,38)(H,37,39). The number of nitrogens with two attached hydrogens (primary N) is 1. The van der Waals surface area contributed by atoms with Gasteiger partial charge in [0.05, 0.1) is 23.2 Å². The van der Waals surface area contributed by atoms with E-state index in [2.05, 4.69) is 48.6 Å². The van der Waals surface area contributed by atoms with Gasteiger partial charge in [0, 0.05) is 21.9 Å². The molecule has 1 atom stereocenters. The van der Waals surface area contributed by atoms with Crippen LogP contribution in [-0.2, 0) is 22.6 Å². The summed E-state index contributed by atoms with van der Waals surface area (Å²) in [5.74, 6) is -1.23. The summed E-state index contributed by atoms with van der Waals surface area (Å²) in [4.78, 5) is 27.3. The highest BCUT2D eigenvalue weighted by Crippen LogP contribution is 2.29. The summed E-state index contributed by atoms with van der Waals surface area (Å²) in [5.41, 5.74) is 10.3. The molecular formula is C31H26Br2N4O2. The van der Waals surface area contributed by atoms with Gasteiger partial charge < -0.3 is 16.4 Å². The summed E-state index contributed by atoms with van der Waals surface area (Å²) in [5, 5.41) is 15.3. The molecule has 4 aromatic carbocycles. The first-order chi connectivity index (χ1) is 18.9. The minimum atomic E-state index is -0.873. The van der Waals surface area contributed by atoms with Gasteiger partial charge in [-0.05, 0) is 78.4 Å². The normalized spacial score (nSPS) is 11.4. The second-order valence-corrected chi connectivity index (χ2v) is 10.7. The average Bonchev–Trinajstić information content (AvgIpc) is 2.95. The smallest absolute Gasteiger partial charge is 0.243 e. The van der Waals surface area contributed by atoms with Gasteiger partial charge in [0.2, 0.25) is 11.8 Å². The lowest BCUT2D eigenvalue weighted by atomic mass is 9.90. The predicted molar refractivity (Wildman–Crippen MR) is 160 cm³/mol. The summed E-state index contributed by atoms with van der Waals surface area (Å²) in [6.45, 7) is 0.238. The molecule has 0 aromatic heterocycles. The first-order valence-corrected chi connectivity index (χ1v) is 13.8. The molecule has 4 aromatic rings. The molecule has 4 rings (SSSR count). The van der Waals surface area contributed by atoms with Crippen LogP contribution in [0.15, 0.2) is 106 Å². The van der Waals surface area contributed by atoms with Crippen LogP contribution in [0, 0.1) is 11.3 Å². The molecule has 2 amide bonds. The third-order valence-electron chi connectivity index (χ3n) is 6.26. The van der Waals surface area contributed by atoms with Gasteiger partial charge >= 0.3 is 0 Å². The number of nitriles is 1. The van der Waals surface area contributed by atoms with E-state index in [9.17, 15) is 14.9 Å². The number of carbonyl (C=O) groups is 2. The van der Waals surface area contributed by atoms with E-state index in [1.54, 1.807) is 18.2 Å². The summed E-state index contributed by atoms with van der Waals surface area (Å²) >= 11 is 6.87. The lowest BCUT2D eigenvalue weighted by Gasteiger charge is -2.23. The number of carbonyl (C=O) groups excluding carboxylic acids is 2. The Labute approximate surface area is 244 Å². The molecule has 0 saturated carbocycles. The zero-order valence-electron chi connectivity index (χ0n) is 20.9. The quantitative estimate of drug-likeness (QED) is 0.199. The van der Waals surface area contributed by atoms with E-state index in [1.807, 2.05) is 78.9 Å². The first-order valence-electron chi connectivity index (χ1n) is 12.3. The highest BCUT2D eigenvalue weighted by Gasteiger charge is 2.28. The van der Waals surface area contributed by atoms with Crippen molar-refractivity contribution < 1.29 is 9.59 Å². The van der Waals surface area contributed by atoms with Crippen molar-refractivity contribution in [3.63, 3.8) is 0 Å². The van der Waals surface area contributed by atoms with Crippen LogP contribution in [0.1, 0.15) is 33.7 Å². The van der Waals surface area contributed by atoms with Crippen LogP contribution < -0.4 is 16.4 Å². The largest absolute Gasteiger partial charge is 0.397 e. The lowest BCUT2D eigenvalue weighted by Crippen LogP contribution is -2.49. The molecule has 0 radical (unpaired) electrons. The van der Waals surface area contributed by atoms with Crippen molar-refractivity contribution in [3.8, 4) is 6.07 Å². The predicted octanol–water partition coefficient (Wildman–Crippen LogP) is 5.84. The van der Waals surface area contributed by atoms with Crippen molar-refractivity contribution in [2.75, 3.05) is 5.73 Å². The molecule has 0 bridgehead atoms. The van der Waals surface area contributed by atoms with E-state index in [4.69, 9.17) is 5.73 Å². The van der Waals surface area contributed by atoms with Crippen molar-refractivity contribution in [2.45, 2.75) is 24.9 Å². The van der Waals surface area contributed by atoms with Gasteiger partial charge in [-0.2, -0.15) is 5.26 Å². The molecule has 0 saturated heterocycles. The Morgan fingerprint density at radius 2 is 1.38 bits per heavy atom. The summed E-state index contributed by atoms with van der Waals surface area (Å²) in [6.07, 6.45) is 0.221. The number of hydrogen-bond donors (Lipinski definition) is 3. The molecular weight excluding hydrogens is 620 g/mol. The first kappa shape index (κ1) is 28.1. The molecule has 1 unspecified atom stereocenters. The van der Waals surface area contributed by atoms with E-state index in [0.29, 0.717) is 20.2 Å². The molecule has 0 aliphatic carbocycles. The number of benzene rings is 4. The Bertz CT molecular complexity index is 1440. The maximum atomic E-state index is 13.8. The van der Waals surface area contributed by atoms with Crippen molar-refractivity contribution in [1.29, 1.82) is 5.26 Å². The van der Waals surface area contributed by atoms with Crippen LogP contribution in [0.2, 0.25) is 0 Å². The van der Waals surface area contributed by atoms with Crippen LogP contribution in [0.3, 0.4) is 0 Å². The molecule has 0 aliphatic heterocycles. The van der Waals surface area contributed by atoms with E-state index >= 15 is 0 Å². The summed E-state index contributed by atoms with van der Waals surface area (Å²) < 4.78 is 1.43. The minimum absolute atomic E-state index is 0.221. The number of nitrogens with zero attached hydrogens (tertiary/aromatic N) is 1. The second kappa shape index (κ2) is 13.2. The Kier molecular flexibility index (Phi) is 9.53. The fourth-order valence-electron chi connectivity index (χ4n) is 4.31. The SMILES string of the molecule is N#Cc1cccc(CC(NC(=O)C(c2ccccc2)c2ccccc2)C(=O)NCc2cc(Br)c(N)c(Br)c2)c1. The maximum Gasteiger partial charge on any atom is 0.243 e. The van der Waals surface area contributed by atoms with E-state index in [1.165, 1.54) is 0 Å². The Balaban J connectivity index is 1.61. The van der Waals surface area contributed by atoms with Crippen molar-refractivity contribution in [3.05, 3.63) is 134 Å². The van der Waals surface area contributed by atoms with E-state index in [0.717, 1.165) is 22.3 Å². The van der Waals surface area contributed by atoms with Gasteiger partial charge in [0.15, 0.2) is 0 Å². The summed E-state index contributed by atoms with van der Waals surface area (Å²) in [7, 11) is 0. The van der Waals surface area contributed by atoms with Crippen LogP contribution in [-0.4, -0.2) is 17.9 Å². The molecule has 8 heteroatoms. The number of halogens is 2. The van der Waals surface area contributed by atoms with Gasteiger partial charge in [0.1, 0.15) is 6.04 Å². The number of nitrogen functional groups attached to an aromatic ring is 1. The Morgan fingerprint density at radius 1 is 0.795 bits per heavy atom. The summed E-state index contributed by atoms with van der Waals surface area (Å²) in [6, 6.07) is 30.9. The molecule has 4 N–H and O–H groups in total. The maximum absolute atomic E-state index is 13.8. The zero-order valence-corrected chi connectivity index (χ0v) is 24.1. The van der Waals surface area contributed by atoms with Crippen LogP contribution in [0.25, 0.3) is 0 Å². The minimum Gasteiger partial charge on any atom is -0.397 e. The fourth-order valence-corrected chi connectivity index (χ4v) is 5.59. The number of rotatable bonds is 9. The van der Waals surface area contributed by atoms with E-state index in [-0.39, 0.29) is 24.8 Å². The lowest BCUT2D eigenvalue weighted by molar-refractivity contribution is -0.129. The topological polar surface area (TPSA) is 108 Å². The van der Waals surface area contributed by atoms with Gasteiger partial charge in [-0.1, -0.05) is 72.8 Å². The number of nitrogens with one attached hydrogen (secondary N) is 2. The van der Waals surface area contributed by atoms with Gasteiger partial charge in [0.25, 0.3) is 0 Å². The van der Waals surface area contributed by atoms with Gasteiger partial charge in [-0.3, -0.25) is 9.59 Å². The number of amides is 2. The van der Waals surface area contributed by atoms with Gasteiger partial charge in [-0.15, -0.1) is 0 Å². The van der Waals surface area contributed by atoms with Crippen molar-refractivity contribution >= 4 is 49.4 Å². The monoisotopic (exact) mass is 644 g/mol. The molecule has 6 nitrogen and oxygen atoms in total. The zero-order chi connectivity index (χ0) is 27.8. The molecule has 39 heavy (non-hydrogen) atoms. The van der Waals surface area contributed by atoms with Crippen LogP contribution in [0.4, 0.5) is 5.69 Å². The Morgan fingerprint density at radius 3 is 1.95 bits per heavy atom. The third kappa shape index (κ3) is 7.34. The van der Waals surface area contributed by atoms with Crippen LogP contribution in [0.5, 0.6) is 0 Å². The second-order valence-electron chi connectivity index (χ2n) is 9.02. The van der Waals surface area contributed by atoms with Gasteiger partial charge in [-0.25, -0.2) is 0 Å². The van der Waals surface area contributed by atoms with Crippen molar-refractivity contribution in [1.82, 2.24) is 10.6 Å². The van der Waals surface area contributed by atoms with E-state index < -0.39 is 12.0 Å². The number of anilines is 1. The molecule has 0 heterocycles. The highest BCUT2D eigenvalue weighted by molar-refractivity contribution is 9.11. The Hall–Kier alpha value is -3.93. The fraction of sp³-hybridized carbons (Fsp3) is 0.129. The highest BCUT2D eigenvalue weighted by atomic mass is 79.9. The molecule has 0 aliphatic rings. The molecule has 196 valence electrons. The van der Waals surface area contributed by atoms with Crippen LogP contribution >= 0.6 is 31.9 Å². The average molecular weight is 646 g/mol.